The Morgan fingerprint density at radius 3 is 2.64 bits per heavy atom. The van der Waals surface area contributed by atoms with Gasteiger partial charge in [0.05, 0.1) is 14.2 Å². The van der Waals surface area contributed by atoms with Crippen molar-refractivity contribution in [2.75, 3.05) is 20.8 Å². The summed E-state index contributed by atoms with van der Waals surface area (Å²) in [4.78, 5) is 0. The molecule has 0 saturated heterocycles. The van der Waals surface area contributed by atoms with Gasteiger partial charge in [-0.05, 0) is 53.1 Å². The van der Waals surface area contributed by atoms with E-state index in [4.69, 9.17) is 21.1 Å². The molecule has 0 radical (unpaired) electrons. The first kappa shape index (κ1) is 17.6. The van der Waals surface area contributed by atoms with Crippen LogP contribution in [0.15, 0.2) is 36.4 Å². The Kier molecular flexibility index (Phi) is 5.19. The first-order chi connectivity index (χ1) is 12.0. The maximum Gasteiger partial charge on any atom is 0.242 e. The van der Waals surface area contributed by atoms with Crippen molar-refractivity contribution in [1.29, 1.82) is 0 Å². The number of rotatable bonds is 4. The number of phenolic OH excluding ortho intramolecular Hbond substituents is 1. The highest BCUT2D eigenvalue weighted by Gasteiger charge is 2.32. The zero-order chi connectivity index (χ0) is 18.0. The monoisotopic (exact) mass is 360 g/mol. The molecule has 0 aromatic heterocycles. The predicted octanol–water partition coefficient (Wildman–Crippen LogP) is 3.92. The molecule has 1 aliphatic heterocycles. The van der Waals surface area contributed by atoms with E-state index in [1.165, 1.54) is 11.1 Å². The molecular formula is C20H23ClNO3+. The maximum atomic E-state index is 10.1. The van der Waals surface area contributed by atoms with Crippen molar-refractivity contribution in [3.63, 3.8) is 0 Å². The lowest BCUT2D eigenvalue weighted by Gasteiger charge is -2.25. The van der Waals surface area contributed by atoms with E-state index < -0.39 is 0 Å². The van der Waals surface area contributed by atoms with Crippen LogP contribution >= 0.6 is 11.6 Å². The highest BCUT2D eigenvalue weighted by Crippen LogP contribution is 2.34. The van der Waals surface area contributed by atoms with Gasteiger partial charge in [0.1, 0.15) is 12.3 Å². The minimum atomic E-state index is 0.125. The fourth-order valence-electron chi connectivity index (χ4n) is 3.49. The quantitative estimate of drug-likeness (QED) is 0.840. The van der Waals surface area contributed by atoms with Gasteiger partial charge in [0.25, 0.3) is 0 Å². The number of hydrogen-bond acceptors (Lipinski definition) is 3. The molecule has 1 aliphatic rings. The normalized spacial score (nSPS) is 18.5. The molecule has 5 heteroatoms. The Balaban J connectivity index is 1.99. The van der Waals surface area contributed by atoms with Crippen LogP contribution in [0.4, 0.5) is 0 Å². The number of hydrogen-bond donors (Lipinski definition) is 1. The standard InChI is InChI=1S/C20H22ClNO3/c1-13(21)22-9-8-15-12-16(24-2)5-6-17(15)18(22)10-14-4-7-20(25-3)19(23)11-14/h4-7,11-12,18H,8-10H2,1-3H3/p+1/b22-13-. The molecule has 1 N–H and O–H groups in total. The van der Waals surface area contributed by atoms with E-state index in [1.54, 1.807) is 26.4 Å². The predicted molar refractivity (Wildman–Crippen MR) is 99.5 cm³/mol. The third-order valence-electron chi connectivity index (χ3n) is 4.78. The number of ether oxygens (including phenoxy) is 2. The molecule has 0 amide bonds. The molecule has 3 rings (SSSR count). The number of benzene rings is 2. The van der Waals surface area contributed by atoms with Crippen molar-refractivity contribution in [2.45, 2.75) is 25.8 Å². The number of fused-ring (bicyclic) bond motifs is 1. The number of nitrogens with zero attached hydrogens (tertiary/aromatic N) is 1. The van der Waals surface area contributed by atoms with E-state index in [2.05, 4.69) is 16.7 Å². The second kappa shape index (κ2) is 7.36. The number of methoxy groups -OCH3 is 2. The van der Waals surface area contributed by atoms with E-state index in [9.17, 15) is 5.11 Å². The maximum absolute atomic E-state index is 10.1. The van der Waals surface area contributed by atoms with Crippen molar-refractivity contribution in [1.82, 2.24) is 0 Å². The van der Waals surface area contributed by atoms with Gasteiger partial charge in [0, 0.05) is 25.3 Å². The van der Waals surface area contributed by atoms with Gasteiger partial charge < -0.3 is 14.6 Å². The second-order valence-corrected chi connectivity index (χ2v) is 6.78. The zero-order valence-electron chi connectivity index (χ0n) is 14.8. The summed E-state index contributed by atoms with van der Waals surface area (Å²) in [6.45, 7) is 2.79. The number of aromatic hydroxyl groups is 1. The summed E-state index contributed by atoms with van der Waals surface area (Å²) in [5.41, 5.74) is 3.58. The van der Waals surface area contributed by atoms with Crippen LogP contribution in [0, 0.1) is 0 Å². The largest absolute Gasteiger partial charge is 0.504 e. The van der Waals surface area contributed by atoms with Gasteiger partial charge in [-0.15, -0.1) is 0 Å². The first-order valence-corrected chi connectivity index (χ1v) is 8.69. The summed E-state index contributed by atoms with van der Waals surface area (Å²) >= 11 is 6.37. The molecule has 0 fully saturated rings. The smallest absolute Gasteiger partial charge is 0.242 e. The van der Waals surface area contributed by atoms with Crippen LogP contribution in [0.5, 0.6) is 17.2 Å². The fraction of sp³-hybridized carbons (Fsp3) is 0.350. The first-order valence-electron chi connectivity index (χ1n) is 8.32. The molecule has 1 heterocycles. The minimum absolute atomic E-state index is 0.125. The average molecular weight is 361 g/mol. The van der Waals surface area contributed by atoms with Crippen LogP contribution in [0.3, 0.4) is 0 Å². The van der Waals surface area contributed by atoms with Gasteiger partial charge in [-0.2, -0.15) is 0 Å². The lowest BCUT2D eigenvalue weighted by molar-refractivity contribution is -0.574. The summed E-state index contributed by atoms with van der Waals surface area (Å²) in [7, 11) is 3.23. The lowest BCUT2D eigenvalue weighted by Crippen LogP contribution is -2.31. The molecule has 0 bridgehead atoms. The summed E-state index contributed by atoms with van der Waals surface area (Å²) < 4.78 is 12.7. The summed E-state index contributed by atoms with van der Waals surface area (Å²) in [6.07, 6.45) is 1.68. The summed E-state index contributed by atoms with van der Waals surface area (Å²) in [6, 6.07) is 11.9. The topological polar surface area (TPSA) is 41.7 Å². The zero-order valence-corrected chi connectivity index (χ0v) is 15.5. The molecule has 25 heavy (non-hydrogen) atoms. The molecule has 1 unspecified atom stereocenters. The van der Waals surface area contributed by atoms with Crippen LogP contribution in [0.2, 0.25) is 0 Å². The van der Waals surface area contributed by atoms with Crippen molar-refractivity contribution < 1.29 is 19.2 Å². The van der Waals surface area contributed by atoms with Gasteiger partial charge in [0.15, 0.2) is 17.5 Å². The lowest BCUT2D eigenvalue weighted by atomic mass is 9.89. The molecular weight excluding hydrogens is 338 g/mol. The molecule has 2 aromatic carbocycles. The molecule has 2 aromatic rings. The van der Waals surface area contributed by atoms with E-state index in [0.717, 1.165) is 35.9 Å². The number of halogens is 1. The Labute approximate surface area is 153 Å². The Morgan fingerprint density at radius 1 is 1.20 bits per heavy atom. The van der Waals surface area contributed by atoms with Crippen LogP contribution in [-0.4, -0.2) is 35.6 Å². The van der Waals surface area contributed by atoms with Gasteiger partial charge in [0.2, 0.25) is 5.17 Å². The average Bonchev–Trinajstić information content (AvgIpc) is 2.61. The van der Waals surface area contributed by atoms with Crippen LogP contribution < -0.4 is 9.47 Å². The third-order valence-corrected chi connectivity index (χ3v) is 4.99. The Bertz CT molecular complexity index is 813. The Morgan fingerprint density at radius 2 is 2.00 bits per heavy atom. The van der Waals surface area contributed by atoms with E-state index in [0.29, 0.717) is 5.75 Å². The van der Waals surface area contributed by atoms with Crippen molar-refractivity contribution in [3.05, 3.63) is 53.1 Å². The second-order valence-electron chi connectivity index (χ2n) is 6.23. The molecule has 0 aliphatic carbocycles. The summed E-state index contributed by atoms with van der Waals surface area (Å²) in [5.74, 6) is 1.51. The van der Waals surface area contributed by atoms with Crippen LogP contribution in [0.25, 0.3) is 0 Å². The SMILES string of the molecule is COc1ccc2c(c1)CC/[N+](=C(\C)Cl)C2Cc1ccc(OC)c(O)c1. The molecule has 0 saturated carbocycles. The van der Waals surface area contributed by atoms with Crippen molar-refractivity contribution in [3.8, 4) is 17.2 Å². The molecule has 132 valence electrons. The third kappa shape index (κ3) is 3.59. The fourth-order valence-corrected chi connectivity index (χ4v) is 3.69. The molecule has 1 atom stereocenters. The molecule has 0 spiro atoms. The van der Waals surface area contributed by atoms with Gasteiger partial charge in [-0.3, -0.25) is 0 Å². The van der Waals surface area contributed by atoms with Crippen molar-refractivity contribution in [2.24, 2.45) is 0 Å². The van der Waals surface area contributed by atoms with E-state index in [1.807, 2.05) is 19.1 Å². The number of phenols is 1. The Hall–Kier alpha value is -2.20. The molecule has 4 nitrogen and oxygen atoms in total. The van der Waals surface area contributed by atoms with Crippen LogP contribution in [0.1, 0.15) is 29.7 Å². The van der Waals surface area contributed by atoms with E-state index >= 15 is 0 Å². The van der Waals surface area contributed by atoms with Gasteiger partial charge >= 0.3 is 0 Å². The van der Waals surface area contributed by atoms with Gasteiger partial charge in [-0.1, -0.05) is 6.07 Å². The highest BCUT2D eigenvalue weighted by atomic mass is 35.5. The van der Waals surface area contributed by atoms with Crippen LogP contribution in [-0.2, 0) is 12.8 Å². The highest BCUT2D eigenvalue weighted by molar-refractivity contribution is 6.63. The minimum Gasteiger partial charge on any atom is -0.504 e. The summed E-state index contributed by atoms with van der Waals surface area (Å²) in [5, 5.41) is 10.9. The van der Waals surface area contributed by atoms with E-state index in [-0.39, 0.29) is 11.8 Å². The van der Waals surface area contributed by atoms with Crippen molar-refractivity contribution >= 4 is 16.8 Å². The van der Waals surface area contributed by atoms with Gasteiger partial charge in [-0.25, -0.2) is 4.58 Å².